The van der Waals surface area contributed by atoms with Crippen LogP contribution in [-0.4, -0.2) is 18.5 Å². The maximum absolute atomic E-state index is 11.3. The third kappa shape index (κ3) is 3.76. The van der Waals surface area contributed by atoms with Crippen molar-refractivity contribution in [3.8, 4) is 0 Å². The first-order valence-corrected chi connectivity index (χ1v) is 8.74. The first-order valence-electron chi connectivity index (χ1n) is 7.86. The molecule has 3 nitrogen and oxygen atoms in total. The van der Waals surface area contributed by atoms with Gasteiger partial charge in [0.2, 0.25) is 5.91 Å². The standard InChI is InChI=1S/C18H22N2OS/c1-13(21)20-18-6-2-4-14-12-15(7-8-17(14)18)19-10-9-16-5-3-11-22-16/h2-6,11,15,19H,7-10,12H2,1H3,(H,20,21). The van der Waals surface area contributed by atoms with E-state index in [2.05, 4.69) is 34.2 Å². The van der Waals surface area contributed by atoms with E-state index >= 15 is 0 Å². The second kappa shape index (κ2) is 7.07. The first kappa shape index (κ1) is 15.3. The molecule has 0 bridgehead atoms. The molecule has 4 heteroatoms. The van der Waals surface area contributed by atoms with Crippen LogP contribution in [0.2, 0.25) is 0 Å². The van der Waals surface area contributed by atoms with Gasteiger partial charge in [0, 0.05) is 30.1 Å². The van der Waals surface area contributed by atoms with Gasteiger partial charge in [0.1, 0.15) is 0 Å². The van der Waals surface area contributed by atoms with Crippen LogP contribution in [0.5, 0.6) is 0 Å². The van der Waals surface area contributed by atoms with Gasteiger partial charge in [-0.3, -0.25) is 4.79 Å². The highest BCUT2D eigenvalue weighted by Gasteiger charge is 2.20. The number of nitrogens with one attached hydrogen (secondary N) is 2. The number of rotatable bonds is 5. The lowest BCUT2D eigenvalue weighted by Gasteiger charge is -2.27. The summed E-state index contributed by atoms with van der Waals surface area (Å²) in [4.78, 5) is 12.7. The molecule has 1 aromatic heterocycles. The zero-order chi connectivity index (χ0) is 15.4. The largest absolute Gasteiger partial charge is 0.326 e. The Labute approximate surface area is 135 Å². The van der Waals surface area contributed by atoms with E-state index < -0.39 is 0 Å². The van der Waals surface area contributed by atoms with Crippen LogP contribution in [-0.2, 0) is 24.1 Å². The molecule has 116 valence electrons. The molecule has 0 spiro atoms. The minimum atomic E-state index is 0.00426. The van der Waals surface area contributed by atoms with Crippen molar-refractivity contribution in [2.24, 2.45) is 0 Å². The van der Waals surface area contributed by atoms with Crippen LogP contribution in [0, 0.1) is 0 Å². The Morgan fingerprint density at radius 3 is 3.00 bits per heavy atom. The van der Waals surface area contributed by atoms with Gasteiger partial charge in [-0.25, -0.2) is 0 Å². The predicted molar refractivity (Wildman–Crippen MR) is 92.6 cm³/mol. The number of amides is 1. The number of hydrogen-bond acceptors (Lipinski definition) is 3. The predicted octanol–water partition coefficient (Wildman–Crippen LogP) is 3.40. The van der Waals surface area contributed by atoms with Gasteiger partial charge in [-0.2, -0.15) is 0 Å². The Kier molecular flexibility index (Phi) is 4.90. The van der Waals surface area contributed by atoms with Crippen molar-refractivity contribution in [3.05, 3.63) is 51.7 Å². The molecule has 1 atom stereocenters. The molecule has 1 heterocycles. The summed E-state index contributed by atoms with van der Waals surface area (Å²) >= 11 is 1.83. The van der Waals surface area contributed by atoms with Crippen molar-refractivity contribution >= 4 is 22.9 Å². The number of carbonyl (C=O) groups excluding carboxylic acids is 1. The molecule has 0 saturated carbocycles. The first-order chi connectivity index (χ1) is 10.7. The number of benzene rings is 1. The van der Waals surface area contributed by atoms with Gasteiger partial charge in [0.15, 0.2) is 0 Å². The Balaban J connectivity index is 1.58. The van der Waals surface area contributed by atoms with E-state index in [1.165, 1.54) is 16.0 Å². The lowest BCUT2D eigenvalue weighted by Crippen LogP contribution is -2.36. The summed E-state index contributed by atoms with van der Waals surface area (Å²) in [5, 5.41) is 8.77. The lowest BCUT2D eigenvalue weighted by atomic mass is 9.87. The summed E-state index contributed by atoms with van der Waals surface area (Å²) in [7, 11) is 0. The summed E-state index contributed by atoms with van der Waals surface area (Å²) in [5.74, 6) is 0.00426. The Morgan fingerprint density at radius 1 is 1.32 bits per heavy atom. The molecule has 22 heavy (non-hydrogen) atoms. The van der Waals surface area contributed by atoms with Crippen molar-refractivity contribution < 1.29 is 4.79 Å². The zero-order valence-electron chi connectivity index (χ0n) is 12.9. The van der Waals surface area contributed by atoms with E-state index in [0.717, 1.165) is 37.9 Å². The summed E-state index contributed by atoms with van der Waals surface area (Å²) in [5.41, 5.74) is 3.67. The maximum atomic E-state index is 11.3. The summed E-state index contributed by atoms with van der Waals surface area (Å²) in [6.45, 7) is 2.60. The molecule has 0 radical (unpaired) electrons. The normalized spacial score (nSPS) is 17.0. The topological polar surface area (TPSA) is 41.1 Å². The van der Waals surface area contributed by atoms with E-state index in [-0.39, 0.29) is 5.91 Å². The highest BCUT2D eigenvalue weighted by Crippen LogP contribution is 2.28. The maximum Gasteiger partial charge on any atom is 0.221 e. The second-order valence-corrected chi connectivity index (χ2v) is 6.88. The van der Waals surface area contributed by atoms with Crippen LogP contribution in [0.25, 0.3) is 0 Å². The summed E-state index contributed by atoms with van der Waals surface area (Å²) in [6.07, 6.45) is 4.32. The number of fused-ring (bicyclic) bond motifs is 1. The van der Waals surface area contributed by atoms with Crippen molar-refractivity contribution in [2.75, 3.05) is 11.9 Å². The van der Waals surface area contributed by atoms with Crippen molar-refractivity contribution in [1.29, 1.82) is 0 Å². The lowest BCUT2D eigenvalue weighted by molar-refractivity contribution is -0.114. The molecule has 2 aromatic rings. The molecule has 3 rings (SSSR count). The SMILES string of the molecule is CC(=O)Nc1cccc2c1CCC(NCCc1cccs1)C2. The molecule has 1 unspecified atom stereocenters. The average molecular weight is 314 g/mol. The summed E-state index contributed by atoms with van der Waals surface area (Å²) in [6, 6.07) is 11.1. The van der Waals surface area contributed by atoms with Crippen LogP contribution in [0.4, 0.5) is 5.69 Å². The van der Waals surface area contributed by atoms with Gasteiger partial charge < -0.3 is 10.6 Å². The van der Waals surface area contributed by atoms with E-state index in [9.17, 15) is 4.79 Å². The van der Waals surface area contributed by atoms with Crippen molar-refractivity contribution in [3.63, 3.8) is 0 Å². The van der Waals surface area contributed by atoms with E-state index in [1.54, 1.807) is 6.92 Å². The van der Waals surface area contributed by atoms with Gasteiger partial charge in [-0.05, 0) is 54.3 Å². The zero-order valence-corrected chi connectivity index (χ0v) is 13.7. The van der Waals surface area contributed by atoms with Crippen LogP contribution in [0.1, 0.15) is 29.3 Å². The summed E-state index contributed by atoms with van der Waals surface area (Å²) < 4.78 is 0. The van der Waals surface area contributed by atoms with Gasteiger partial charge in [-0.1, -0.05) is 18.2 Å². The molecule has 1 amide bonds. The quantitative estimate of drug-likeness (QED) is 0.888. The highest BCUT2D eigenvalue weighted by atomic mass is 32.1. The van der Waals surface area contributed by atoms with Gasteiger partial charge >= 0.3 is 0 Å². The Morgan fingerprint density at radius 2 is 2.23 bits per heavy atom. The number of carbonyl (C=O) groups is 1. The van der Waals surface area contributed by atoms with Crippen LogP contribution >= 0.6 is 11.3 Å². The molecule has 2 N–H and O–H groups in total. The second-order valence-electron chi connectivity index (χ2n) is 5.85. The minimum absolute atomic E-state index is 0.00426. The molecule has 0 fully saturated rings. The molecule has 1 aliphatic carbocycles. The number of hydrogen-bond donors (Lipinski definition) is 2. The monoisotopic (exact) mass is 314 g/mol. The Bertz CT molecular complexity index is 637. The highest BCUT2D eigenvalue weighted by molar-refractivity contribution is 7.09. The smallest absolute Gasteiger partial charge is 0.221 e. The van der Waals surface area contributed by atoms with Crippen LogP contribution < -0.4 is 10.6 Å². The molecule has 0 saturated heterocycles. The van der Waals surface area contributed by atoms with Gasteiger partial charge in [0.05, 0.1) is 0 Å². The van der Waals surface area contributed by atoms with E-state index in [0.29, 0.717) is 6.04 Å². The van der Waals surface area contributed by atoms with Crippen LogP contribution in [0.15, 0.2) is 35.7 Å². The average Bonchev–Trinajstić information content (AvgIpc) is 3.00. The van der Waals surface area contributed by atoms with Crippen molar-refractivity contribution in [1.82, 2.24) is 5.32 Å². The fraction of sp³-hybridized carbons (Fsp3) is 0.389. The van der Waals surface area contributed by atoms with E-state index in [4.69, 9.17) is 0 Å². The van der Waals surface area contributed by atoms with Crippen LogP contribution in [0.3, 0.4) is 0 Å². The number of anilines is 1. The Hall–Kier alpha value is -1.65. The minimum Gasteiger partial charge on any atom is -0.326 e. The van der Waals surface area contributed by atoms with Gasteiger partial charge in [0.25, 0.3) is 0 Å². The molecule has 1 aromatic carbocycles. The van der Waals surface area contributed by atoms with Crippen molar-refractivity contribution in [2.45, 2.75) is 38.6 Å². The fourth-order valence-electron chi connectivity index (χ4n) is 3.14. The molecular formula is C18H22N2OS. The number of thiophene rings is 1. The third-order valence-electron chi connectivity index (χ3n) is 4.18. The molecule has 1 aliphatic rings. The molecule has 0 aliphatic heterocycles. The molecular weight excluding hydrogens is 292 g/mol. The van der Waals surface area contributed by atoms with Gasteiger partial charge in [-0.15, -0.1) is 11.3 Å². The third-order valence-corrected chi connectivity index (χ3v) is 5.11. The fourth-order valence-corrected chi connectivity index (χ4v) is 3.85. The van der Waals surface area contributed by atoms with E-state index in [1.807, 2.05) is 23.5 Å².